The van der Waals surface area contributed by atoms with E-state index in [2.05, 4.69) is 0 Å². The Morgan fingerprint density at radius 2 is 1.32 bits per heavy atom. The van der Waals surface area contributed by atoms with E-state index in [4.69, 9.17) is 32.7 Å². The van der Waals surface area contributed by atoms with Crippen molar-refractivity contribution >= 4 is 29.2 Å². The molecule has 0 aliphatic heterocycles. The van der Waals surface area contributed by atoms with Gasteiger partial charge in [-0.25, -0.2) is 4.79 Å². The monoisotopic (exact) mass is 296 g/mol. The Bertz CT molecular complexity index is 550. The molecule has 0 saturated heterocycles. The van der Waals surface area contributed by atoms with Gasteiger partial charge >= 0.3 is 5.97 Å². The van der Waals surface area contributed by atoms with Gasteiger partial charge in [0.1, 0.15) is 11.5 Å². The topological polar surface area (TPSA) is 35.5 Å². The number of carbonyl (C=O) groups excluding carboxylic acids is 1. The Kier molecular flexibility index (Phi) is 4.66. The molecule has 0 radical (unpaired) electrons. The molecule has 0 fully saturated rings. The number of benzene rings is 2. The van der Waals surface area contributed by atoms with Gasteiger partial charge in [-0.2, -0.15) is 0 Å². The van der Waals surface area contributed by atoms with Crippen LogP contribution in [0.15, 0.2) is 48.5 Å². The molecule has 98 valence electrons. The lowest BCUT2D eigenvalue weighted by Gasteiger charge is -2.06. The smallest absolute Gasteiger partial charge is 0.349 e. The van der Waals surface area contributed by atoms with Crippen molar-refractivity contribution in [1.29, 1.82) is 0 Å². The summed E-state index contributed by atoms with van der Waals surface area (Å²) in [5.74, 6) is 0.490. The third-order valence-corrected chi connectivity index (χ3v) is 2.72. The van der Waals surface area contributed by atoms with Gasteiger partial charge in [0.2, 0.25) is 0 Å². The number of carbonyl (C=O) groups is 1. The molecule has 0 atom stereocenters. The molecule has 2 aromatic carbocycles. The number of ether oxygens (including phenoxy) is 2. The zero-order chi connectivity index (χ0) is 13.7. The van der Waals surface area contributed by atoms with Crippen LogP contribution in [-0.4, -0.2) is 12.6 Å². The van der Waals surface area contributed by atoms with Crippen LogP contribution < -0.4 is 9.47 Å². The summed E-state index contributed by atoms with van der Waals surface area (Å²) in [5, 5.41) is 1.19. The first kappa shape index (κ1) is 13.7. The van der Waals surface area contributed by atoms with Gasteiger partial charge in [-0.1, -0.05) is 23.2 Å². The quantitative estimate of drug-likeness (QED) is 0.632. The second-order valence-electron chi connectivity index (χ2n) is 3.67. The van der Waals surface area contributed by atoms with E-state index in [-0.39, 0.29) is 6.61 Å². The highest BCUT2D eigenvalue weighted by Crippen LogP contribution is 2.17. The fourth-order valence-corrected chi connectivity index (χ4v) is 1.59. The number of rotatable bonds is 4. The molecule has 0 unspecified atom stereocenters. The maximum absolute atomic E-state index is 11.5. The summed E-state index contributed by atoms with van der Waals surface area (Å²) in [6, 6.07) is 13.2. The number of hydrogen-bond acceptors (Lipinski definition) is 3. The first-order chi connectivity index (χ1) is 9.13. The second-order valence-corrected chi connectivity index (χ2v) is 4.54. The van der Waals surface area contributed by atoms with Crippen molar-refractivity contribution in [3.05, 3.63) is 58.6 Å². The van der Waals surface area contributed by atoms with Crippen molar-refractivity contribution in [2.75, 3.05) is 6.61 Å². The van der Waals surface area contributed by atoms with E-state index in [1.165, 1.54) is 0 Å². The molecule has 0 saturated carbocycles. The van der Waals surface area contributed by atoms with Crippen LogP contribution in [0.3, 0.4) is 0 Å². The largest absolute Gasteiger partial charge is 0.482 e. The van der Waals surface area contributed by atoms with Crippen LogP contribution in [0.5, 0.6) is 11.5 Å². The summed E-state index contributed by atoms with van der Waals surface area (Å²) in [6.07, 6.45) is 0. The molecule has 2 rings (SSSR count). The normalized spacial score (nSPS) is 10.0. The third kappa shape index (κ3) is 4.47. The molecule has 3 nitrogen and oxygen atoms in total. The Balaban J connectivity index is 1.84. The van der Waals surface area contributed by atoms with Crippen LogP contribution in [0.4, 0.5) is 0 Å². The molecule has 2 aromatic rings. The number of esters is 1. The predicted octanol–water partition coefficient (Wildman–Crippen LogP) is 3.98. The molecular formula is C14H10Cl2O3. The Morgan fingerprint density at radius 3 is 1.84 bits per heavy atom. The lowest BCUT2D eigenvalue weighted by molar-refractivity contribution is -0.136. The molecule has 19 heavy (non-hydrogen) atoms. The van der Waals surface area contributed by atoms with Crippen molar-refractivity contribution in [2.45, 2.75) is 0 Å². The minimum Gasteiger partial charge on any atom is -0.482 e. The first-order valence-electron chi connectivity index (χ1n) is 5.48. The van der Waals surface area contributed by atoms with Gasteiger partial charge in [0, 0.05) is 10.0 Å². The zero-order valence-electron chi connectivity index (χ0n) is 9.81. The Morgan fingerprint density at radius 1 is 0.842 bits per heavy atom. The molecule has 0 aliphatic rings. The molecular weight excluding hydrogens is 287 g/mol. The van der Waals surface area contributed by atoms with Crippen LogP contribution in [0, 0.1) is 0 Å². The number of halogens is 2. The van der Waals surface area contributed by atoms with Crippen LogP contribution in [0.2, 0.25) is 10.0 Å². The lowest BCUT2D eigenvalue weighted by atomic mass is 10.3. The fourth-order valence-electron chi connectivity index (χ4n) is 1.34. The van der Waals surface area contributed by atoms with Gasteiger partial charge < -0.3 is 9.47 Å². The fraction of sp³-hybridized carbons (Fsp3) is 0.0714. The molecule has 0 bridgehead atoms. The Hall–Kier alpha value is -1.71. The highest BCUT2D eigenvalue weighted by molar-refractivity contribution is 6.30. The van der Waals surface area contributed by atoms with Gasteiger partial charge in [0.15, 0.2) is 6.61 Å². The van der Waals surface area contributed by atoms with Gasteiger partial charge in [-0.15, -0.1) is 0 Å². The summed E-state index contributed by atoms with van der Waals surface area (Å²) >= 11 is 11.5. The van der Waals surface area contributed by atoms with E-state index in [1.807, 2.05) is 0 Å². The molecule has 5 heteroatoms. The minimum atomic E-state index is -0.489. The van der Waals surface area contributed by atoms with Crippen LogP contribution in [0.1, 0.15) is 0 Å². The molecule has 0 aliphatic carbocycles. The highest BCUT2D eigenvalue weighted by Gasteiger charge is 2.06. The van der Waals surface area contributed by atoms with Crippen molar-refractivity contribution in [1.82, 2.24) is 0 Å². The summed E-state index contributed by atoms with van der Waals surface area (Å²) < 4.78 is 10.3. The SMILES string of the molecule is O=C(COc1ccc(Cl)cc1)Oc1ccc(Cl)cc1. The van der Waals surface area contributed by atoms with E-state index in [9.17, 15) is 4.79 Å². The van der Waals surface area contributed by atoms with Gasteiger partial charge in [0.05, 0.1) is 0 Å². The van der Waals surface area contributed by atoms with Crippen molar-refractivity contribution in [3.63, 3.8) is 0 Å². The summed E-state index contributed by atoms with van der Waals surface area (Å²) in [6.45, 7) is -0.176. The third-order valence-electron chi connectivity index (χ3n) is 2.22. The molecule has 0 spiro atoms. The number of hydrogen-bond donors (Lipinski definition) is 0. The average molecular weight is 297 g/mol. The first-order valence-corrected chi connectivity index (χ1v) is 6.24. The summed E-state index contributed by atoms with van der Waals surface area (Å²) in [5.41, 5.74) is 0. The van der Waals surface area contributed by atoms with Crippen molar-refractivity contribution in [3.8, 4) is 11.5 Å². The van der Waals surface area contributed by atoms with E-state index in [1.54, 1.807) is 48.5 Å². The van der Waals surface area contributed by atoms with Crippen LogP contribution >= 0.6 is 23.2 Å². The van der Waals surface area contributed by atoms with Gasteiger partial charge in [-0.05, 0) is 48.5 Å². The average Bonchev–Trinajstić information content (AvgIpc) is 2.41. The second kappa shape index (κ2) is 6.45. The maximum atomic E-state index is 11.5. The zero-order valence-corrected chi connectivity index (χ0v) is 11.3. The highest BCUT2D eigenvalue weighted by atomic mass is 35.5. The standard InChI is InChI=1S/C14H10Cl2O3/c15-10-1-5-12(6-2-10)18-9-14(17)19-13-7-3-11(16)4-8-13/h1-8H,9H2. The lowest BCUT2D eigenvalue weighted by Crippen LogP contribution is -2.17. The van der Waals surface area contributed by atoms with Gasteiger partial charge in [-0.3, -0.25) is 0 Å². The van der Waals surface area contributed by atoms with Crippen LogP contribution in [0.25, 0.3) is 0 Å². The molecule has 0 aromatic heterocycles. The maximum Gasteiger partial charge on any atom is 0.349 e. The minimum absolute atomic E-state index is 0.176. The molecule has 0 N–H and O–H groups in total. The summed E-state index contributed by atoms with van der Waals surface area (Å²) in [7, 11) is 0. The van der Waals surface area contributed by atoms with E-state index >= 15 is 0 Å². The summed E-state index contributed by atoms with van der Waals surface area (Å²) in [4.78, 5) is 11.5. The Labute approximate surface area is 120 Å². The van der Waals surface area contributed by atoms with E-state index in [0.717, 1.165) is 0 Å². The van der Waals surface area contributed by atoms with E-state index in [0.29, 0.717) is 21.5 Å². The predicted molar refractivity (Wildman–Crippen MR) is 74.0 cm³/mol. The van der Waals surface area contributed by atoms with Gasteiger partial charge in [0.25, 0.3) is 0 Å². The molecule has 0 heterocycles. The van der Waals surface area contributed by atoms with Crippen LogP contribution in [-0.2, 0) is 4.79 Å². The van der Waals surface area contributed by atoms with Crippen molar-refractivity contribution < 1.29 is 14.3 Å². The molecule has 0 amide bonds. The van der Waals surface area contributed by atoms with Crippen molar-refractivity contribution in [2.24, 2.45) is 0 Å². The van der Waals surface area contributed by atoms with E-state index < -0.39 is 5.97 Å².